The lowest BCUT2D eigenvalue weighted by molar-refractivity contribution is -0.121. The molecule has 2 aliphatic heterocycles. The molecule has 148 valence electrons. The van der Waals surface area contributed by atoms with Gasteiger partial charge in [-0.3, -0.25) is 24.1 Å². The minimum absolute atomic E-state index is 0.0273. The van der Waals surface area contributed by atoms with Crippen LogP contribution in [-0.4, -0.2) is 47.7 Å². The normalized spacial score (nSPS) is 18.4. The van der Waals surface area contributed by atoms with Gasteiger partial charge in [0.2, 0.25) is 11.8 Å². The highest BCUT2D eigenvalue weighted by molar-refractivity contribution is 6.21. The van der Waals surface area contributed by atoms with Crippen molar-refractivity contribution in [2.75, 3.05) is 18.0 Å². The zero-order chi connectivity index (χ0) is 20.5. The van der Waals surface area contributed by atoms with Gasteiger partial charge < -0.3 is 10.2 Å². The van der Waals surface area contributed by atoms with Gasteiger partial charge in [0.05, 0.1) is 17.2 Å². The Kier molecular flexibility index (Phi) is 4.84. The van der Waals surface area contributed by atoms with Gasteiger partial charge in [-0.2, -0.15) is 0 Å². The number of imide groups is 1. The van der Waals surface area contributed by atoms with E-state index in [4.69, 9.17) is 0 Å². The lowest BCUT2D eigenvalue weighted by Gasteiger charge is -2.18. The van der Waals surface area contributed by atoms with Gasteiger partial charge in [-0.05, 0) is 36.4 Å². The fourth-order valence-electron chi connectivity index (χ4n) is 3.63. The first-order valence-corrected chi connectivity index (χ1v) is 9.24. The standard InChI is InChI=1S/C21H18FN3O4/c22-13-5-7-15(8-6-13)25-12-14(11-19(25)27)23-18(26)9-10-24-20(28)16-3-1-2-4-17(16)21(24)29/h1-8,14H,9-12H2,(H,23,26). The van der Waals surface area contributed by atoms with E-state index in [1.807, 2.05) is 0 Å². The van der Waals surface area contributed by atoms with Gasteiger partial charge in [-0.1, -0.05) is 12.1 Å². The van der Waals surface area contributed by atoms with E-state index in [9.17, 15) is 23.6 Å². The number of hydrogen-bond donors (Lipinski definition) is 1. The molecule has 2 aliphatic rings. The van der Waals surface area contributed by atoms with Crippen LogP contribution in [0.5, 0.6) is 0 Å². The van der Waals surface area contributed by atoms with Gasteiger partial charge in [0, 0.05) is 31.6 Å². The molecule has 2 heterocycles. The molecule has 8 heteroatoms. The molecule has 0 aromatic heterocycles. The number of rotatable bonds is 5. The fraction of sp³-hybridized carbons (Fsp3) is 0.238. The SMILES string of the molecule is O=C(CCN1C(=O)c2ccccc2C1=O)NC1CC(=O)N(c2ccc(F)cc2)C1. The monoisotopic (exact) mass is 395 g/mol. The quantitative estimate of drug-likeness (QED) is 0.782. The molecule has 0 radical (unpaired) electrons. The Labute approximate surface area is 166 Å². The lowest BCUT2D eigenvalue weighted by atomic mass is 10.1. The molecule has 1 atom stereocenters. The number of nitrogens with one attached hydrogen (secondary N) is 1. The molecule has 7 nitrogen and oxygen atoms in total. The highest BCUT2D eigenvalue weighted by Gasteiger charge is 2.36. The molecule has 1 unspecified atom stereocenters. The third kappa shape index (κ3) is 3.61. The van der Waals surface area contributed by atoms with Crippen molar-refractivity contribution in [1.29, 1.82) is 0 Å². The zero-order valence-corrected chi connectivity index (χ0v) is 15.4. The minimum Gasteiger partial charge on any atom is -0.351 e. The average molecular weight is 395 g/mol. The van der Waals surface area contributed by atoms with Crippen LogP contribution in [0.4, 0.5) is 10.1 Å². The number of benzene rings is 2. The molecule has 29 heavy (non-hydrogen) atoms. The maximum absolute atomic E-state index is 13.1. The first kappa shape index (κ1) is 18.8. The highest BCUT2D eigenvalue weighted by Crippen LogP contribution is 2.23. The summed E-state index contributed by atoms with van der Waals surface area (Å²) in [4.78, 5) is 51.7. The van der Waals surface area contributed by atoms with E-state index in [1.165, 1.54) is 29.2 Å². The van der Waals surface area contributed by atoms with E-state index in [1.54, 1.807) is 24.3 Å². The molecule has 2 aromatic carbocycles. The number of hydrogen-bond acceptors (Lipinski definition) is 4. The molecule has 4 amide bonds. The van der Waals surface area contributed by atoms with Crippen molar-refractivity contribution in [1.82, 2.24) is 10.2 Å². The molecule has 1 fully saturated rings. The van der Waals surface area contributed by atoms with Gasteiger partial charge in [-0.15, -0.1) is 0 Å². The molecule has 4 rings (SSSR count). The number of halogens is 1. The Balaban J connectivity index is 1.32. The van der Waals surface area contributed by atoms with Gasteiger partial charge in [-0.25, -0.2) is 4.39 Å². The summed E-state index contributed by atoms with van der Waals surface area (Å²) in [6.45, 7) is 0.254. The van der Waals surface area contributed by atoms with E-state index in [0.29, 0.717) is 16.8 Å². The Morgan fingerprint density at radius 1 is 1.00 bits per heavy atom. The molecule has 0 bridgehead atoms. The predicted octanol–water partition coefficient (Wildman–Crippen LogP) is 1.73. The number of fused-ring (bicyclic) bond motifs is 1. The summed E-state index contributed by atoms with van der Waals surface area (Å²) in [6.07, 6.45) is 0.0862. The highest BCUT2D eigenvalue weighted by atomic mass is 19.1. The number of anilines is 1. The van der Waals surface area contributed by atoms with Crippen LogP contribution < -0.4 is 10.2 Å². The van der Waals surface area contributed by atoms with Crippen molar-refractivity contribution in [3.63, 3.8) is 0 Å². The molecule has 0 aliphatic carbocycles. The van der Waals surface area contributed by atoms with Crippen LogP contribution in [0.3, 0.4) is 0 Å². The summed E-state index contributed by atoms with van der Waals surface area (Å²) in [5.41, 5.74) is 1.25. The third-order valence-electron chi connectivity index (χ3n) is 5.07. The van der Waals surface area contributed by atoms with Crippen molar-refractivity contribution in [2.45, 2.75) is 18.9 Å². The minimum atomic E-state index is -0.406. The van der Waals surface area contributed by atoms with Gasteiger partial charge >= 0.3 is 0 Å². The average Bonchev–Trinajstić information content (AvgIpc) is 3.19. The van der Waals surface area contributed by atoms with Crippen LogP contribution in [-0.2, 0) is 9.59 Å². The zero-order valence-electron chi connectivity index (χ0n) is 15.4. The second-order valence-corrected chi connectivity index (χ2v) is 7.01. The van der Waals surface area contributed by atoms with Gasteiger partial charge in [0.1, 0.15) is 5.82 Å². The van der Waals surface area contributed by atoms with Gasteiger partial charge in [0.25, 0.3) is 11.8 Å². The Morgan fingerprint density at radius 3 is 2.24 bits per heavy atom. The molecule has 2 aromatic rings. The van der Waals surface area contributed by atoms with E-state index in [-0.39, 0.29) is 43.8 Å². The van der Waals surface area contributed by atoms with Gasteiger partial charge in [0.15, 0.2) is 0 Å². The summed E-state index contributed by atoms with van der Waals surface area (Å²) in [5, 5.41) is 2.77. The summed E-state index contributed by atoms with van der Waals surface area (Å²) in [5.74, 6) is -1.71. The number of amides is 4. The van der Waals surface area contributed by atoms with Crippen molar-refractivity contribution < 1.29 is 23.6 Å². The van der Waals surface area contributed by atoms with E-state index in [2.05, 4.69) is 5.32 Å². The Hall–Kier alpha value is -3.55. The first-order valence-electron chi connectivity index (χ1n) is 9.24. The second kappa shape index (κ2) is 7.46. The number of carbonyl (C=O) groups excluding carboxylic acids is 4. The number of nitrogens with zero attached hydrogens (tertiary/aromatic N) is 2. The van der Waals surface area contributed by atoms with Crippen LogP contribution in [0.25, 0.3) is 0 Å². The van der Waals surface area contributed by atoms with E-state index >= 15 is 0 Å². The summed E-state index contributed by atoms with van der Waals surface area (Å²) in [6, 6.07) is 11.7. The maximum atomic E-state index is 13.1. The van der Waals surface area contributed by atoms with Crippen molar-refractivity contribution >= 4 is 29.3 Å². The van der Waals surface area contributed by atoms with Crippen LogP contribution in [0.15, 0.2) is 48.5 Å². The van der Waals surface area contributed by atoms with Crippen LogP contribution in [0, 0.1) is 5.82 Å². The third-order valence-corrected chi connectivity index (χ3v) is 5.07. The number of carbonyl (C=O) groups is 4. The molecule has 0 spiro atoms. The van der Waals surface area contributed by atoms with Crippen LogP contribution >= 0.6 is 0 Å². The van der Waals surface area contributed by atoms with Crippen LogP contribution in [0.1, 0.15) is 33.6 Å². The maximum Gasteiger partial charge on any atom is 0.261 e. The predicted molar refractivity (Wildman–Crippen MR) is 102 cm³/mol. The fourth-order valence-corrected chi connectivity index (χ4v) is 3.63. The van der Waals surface area contributed by atoms with Crippen molar-refractivity contribution in [2.24, 2.45) is 0 Å². The second-order valence-electron chi connectivity index (χ2n) is 7.01. The van der Waals surface area contributed by atoms with E-state index in [0.717, 1.165) is 4.90 Å². The molecule has 0 saturated carbocycles. The molecular weight excluding hydrogens is 377 g/mol. The largest absolute Gasteiger partial charge is 0.351 e. The molecule has 1 saturated heterocycles. The topological polar surface area (TPSA) is 86.8 Å². The first-order chi connectivity index (χ1) is 13.9. The summed E-state index contributed by atoms with van der Waals surface area (Å²) < 4.78 is 13.1. The molecule has 1 N–H and O–H groups in total. The lowest BCUT2D eigenvalue weighted by Crippen LogP contribution is -2.40. The smallest absolute Gasteiger partial charge is 0.261 e. The van der Waals surface area contributed by atoms with E-state index < -0.39 is 17.6 Å². The molecular formula is C21H18FN3O4. The summed E-state index contributed by atoms with van der Waals surface area (Å²) in [7, 11) is 0. The summed E-state index contributed by atoms with van der Waals surface area (Å²) >= 11 is 0. The Morgan fingerprint density at radius 2 is 1.62 bits per heavy atom. The van der Waals surface area contributed by atoms with Crippen molar-refractivity contribution in [3.05, 3.63) is 65.5 Å². The van der Waals surface area contributed by atoms with Crippen LogP contribution in [0.2, 0.25) is 0 Å². The Bertz CT molecular complexity index is 970. The van der Waals surface area contributed by atoms with Crippen molar-refractivity contribution in [3.8, 4) is 0 Å².